The number of anilines is 2. The molecule has 24 heavy (non-hydrogen) atoms. The Morgan fingerprint density at radius 2 is 1.75 bits per heavy atom. The van der Waals surface area contributed by atoms with Crippen LogP contribution in [-0.2, 0) is 9.59 Å². The third-order valence-corrected chi connectivity index (χ3v) is 4.85. The monoisotopic (exact) mass is 331 g/mol. The van der Waals surface area contributed by atoms with E-state index in [1.807, 2.05) is 26.0 Å². The fourth-order valence-corrected chi connectivity index (χ4v) is 3.15. The van der Waals surface area contributed by atoms with Crippen molar-refractivity contribution in [1.82, 2.24) is 5.32 Å². The lowest BCUT2D eigenvalue weighted by Crippen LogP contribution is -2.49. The van der Waals surface area contributed by atoms with Crippen molar-refractivity contribution >= 4 is 23.2 Å². The largest absolute Gasteiger partial charge is 0.397 e. The van der Waals surface area contributed by atoms with E-state index >= 15 is 0 Å². The molecule has 0 heterocycles. The first kappa shape index (κ1) is 18.3. The van der Waals surface area contributed by atoms with Crippen LogP contribution in [0, 0.1) is 17.8 Å². The SMILES string of the molecule is CC1CCC(C(=O)NC(C(=O)Nc2ccccc2N)C(C)C)CC1. The van der Waals surface area contributed by atoms with Gasteiger partial charge in [0.2, 0.25) is 11.8 Å². The number of hydrogen-bond donors (Lipinski definition) is 3. The molecule has 2 amide bonds. The topological polar surface area (TPSA) is 84.2 Å². The van der Waals surface area contributed by atoms with Crippen molar-refractivity contribution in [3.63, 3.8) is 0 Å². The van der Waals surface area contributed by atoms with Crippen LogP contribution in [0.4, 0.5) is 11.4 Å². The van der Waals surface area contributed by atoms with Crippen LogP contribution in [-0.4, -0.2) is 17.9 Å². The van der Waals surface area contributed by atoms with E-state index in [1.54, 1.807) is 12.1 Å². The fraction of sp³-hybridized carbons (Fsp3) is 0.579. The van der Waals surface area contributed by atoms with Gasteiger partial charge in [-0.2, -0.15) is 0 Å². The first-order chi connectivity index (χ1) is 11.4. The Balaban J connectivity index is 1.99. The van der Waals surface area contributed by atoms with Gasteiger partial charge in [-0.05, 0) is 49.7 Å². The Bertz CT molecular complexity index is 578. The van der Waals surface area contributed by atoms with Gasteiger partial charge in [-0.25, -0.2) is 0 Å². The van der Waals surface area contributed by atoms with Gasteiger partial charge in [-0.15, -0.1) is 0 Å². The summed E-state index contributed by atoms with van der Waals surface area (Å²) in [6, 6.07) is 6.57. The second-order valence-corrected chi connectivity index (χ2v) is 7.26. The second-order valence-electron chi connectivity index (χ2n) is 7.26. The van der Waals surface area contributed by atoms with Crippen molar-refractivity contribution in [1.29, 1.82) is 0 Å². The molecule has 2 rings (SSSR count). The molecule has 0 radical (unpaired) electrons. The third-order valence-electron chi connectivity index (χ3n) is 4.85. The maximum Gasteiger partial charge on any atom is 0.247 e. The lowest BCUT2D eigenvalue weighted by Gasteiger charge is -2.28. The van der Waals surface area contributed by atoms with Crippen LogP contribution >= 0.6 is 0 Å². The minimum atomic E-state index is -0.559. The number of rotatable bonds is 5. The lowest BCUT2D eigenvalue weighted by molar-refractivity contribution is -0.131. The number of hydrogen-bond acceptors (Lipinski definition) is 3. The standard InChI is InChI=1S/C19H29N3O2/c1-12(2)17(19(24)21-16-7-5-4-6-15(16)20)22-18(23)14-10-8-13(3)9-11-14/h4-7,12-14,17H,8-11,20H2,1-3H3,(H,21,24)(H,22,23). The van der Waals surface area contributed by atoms with Gasteiger partial charge in [-0.1, -0.05) is 32.9 Å². The summed E-state index contributed by atoms with van der Waals surface area (Å²) >= 11 is 0. The number of carbonyl (C=O) groups is 2. The van der Waals surface area contributed by atoms with Gasteiger partial charge in [0.05, 0.1) is 11.4 Å². The van der Waals surface area contributed by atoms with Crippen LogP contribution in [0.3, 0.4) is 0 Å². The van der Waals surface area contributed by atoms with Gasteiger partial charge in [0, 0.05) is 5.92 Å². The van der Waals surface area contributed by atoms with Crippen molar-refractivity contribution in [3.8, 4) is 0 Å². The molecule has 4 N–H and O–H groups in total. The quantitative estimate of drug-likeness (QED) is 0.725. The van der Waals surface area contributed by atoms with E-state index in [0.717, 1.165) is 25.7 Å². The first-order valence-corrected chi connectivity index (χ1v) is 8.84. The molecule has 0 spiro atoms. The molecule has 1 saturated carbocycles. The number of benzene rings is 1. The normalized spacial score (nSPS) is 22.0. The van der Waals surface area contributed by atoms with Gasteiger partial charge in [0.25, 0.3) is 0 Å². The Kier molecular flexibility index (Phi) is 6.23. The summed E-state index contributed by atoms with van der Waals surface area (Å²) in [7, 11) is 0. The van der Waals surface area contributed by atoms with Crippen LogP contribution in [0.2, 0.25) is 0 Å². The van der Waals surface area contributed by atoms with Crippen molar-refractivity contribution in [2.75, 3.05) is 11.1 Å². The van der Waals surface area contributed by atoms with E-state index in [9.17, 15) is 9.59 Å². The predicted octanol–water partition coefficient (Wildman–Crippen LogP) is 3.17. The first-order valence-electron chi connectivity index (χ1n) is 8.84. The molecule has 1 fully saturated rings. The summed E-state index contributed by atoms with van der Waals surface area (Å²) < 4.78 is 0. The highest BCUT2D eigenvalue weighted by molar-refractivity contribution is 5.99. The van der Waals surface area contributed by atoms with Crippen molar-refractivity contribution in [3.05, 3.63) is 24.3 Å². The number of amides is 2. The molecule has 1 aliphatic rings. The van der Waals surface area contributed by atoms with E-state index in [2.05, 4.69) is 17.6 Å². The second kappa shape index (κ2) is 8.18. The van der Waals surface area contributed by atoms with Crippen molar-refractivity contribution < 1.29 is 9.59 Å². The zero-order chi connectivity index (χ0) is 17.7. The zero-order valence-electron chi connectivity index (χ0n) is 14.8. The molecule has 1 aromatic rings. The summed E-state index contributed by atoms with van der Waals surface area (Å²) in [4.78, 5) is 25.1. The summed E-state index contributed by atoms with van der Waals surface area (Å²) in [5.41, 5.74) is 6.97. The van der Waals surface area contributed by atoms with E-state index in [1.165, 1.54) is 0 Å². The van der Waals surface area contributed by atoms with Crippen LogP contribution in [0.15, 0.2) is 24.3 Å². The highest BCUT2D eigenvalue weighted by Crippen LogP contribution is 2.28. The summed E-state index contributed by atoms with van der Waals surface area (Å²) in [6.45, 7) is 6.09. The molecule has 0 aliphatic heterocycles. The molecule has 1 aliphatic carbocycles. The molecule has 1 aromatic carbocycles. The number of carbonyl (C=O) groups excluding carboxylic acids is 2. The third kappa shape index (κ3) is 4.73. The Morgan fingerprint density at radius 1 is 1.12 bits per heavy atom. The molecular weight excluding hydrogens is 302 g/mol. The van der Waals surface area contributed by atoms with Gasteiger partial charge in [0.1, 0.15) is 6.04 Å². The highest BCUT2D eigenvalue weighted by Gasteiger charge is 2.30. The van der Waals surface area contributed by atoms with Crippen LogP contribution in [0.25, 0.3) is 0 Å². The van der Waals surface area contributed by atoms with Gasteiger partial charge in [-0.3, -0.25) is 9.59 Å². The Hall–Kier alpha value is -2.04. The Morgan fingerprint density at radius 3 is 2.33 bits per heavy atom. The fourth-order valence-electron chi connectivity index (χ4n) is 3.15. The van der Waals surface area contributed by atoms with E-state index in [-0.39, 0.29) is 23.7 Å². The predicted molar refractivity (Wildman–Crippen MR) is 97.4 cm³/mol. The number of nitrogens with one attached hydrogen (secondary N) is 2. The summed E-state index contributed by atoms with van der Waals surface area (Å²) in [5, 5.41) is 5.78. The van der Waals surface area contributed by atoms with E-state index in [4.69, 9.17) is 5.73 Å². The molecule has 1 unspecified atom stereocenters. The minimum absolute atomic E-state index is 0.00130. The van der Waals surface area contributed by atoms with Crippen LogP contribution in [0.1, 0.15) is 46.5 Å². The van der Waals surface area contributed by atoms with Crippen molar-refractivity contribution in [2.24, 2.45) is 17.8 Å². The molecule has 1 atom stereocenters. The molecule has 5 heteroatoms. The lowest BCUT2D eigenvalue weighted by atomic mass is 9.82. The Labute approximate surface area is 144 Å². The maximum atomic E-state index is 12.6. The molecule has 0 aromatic heterocycles. The van der Waals surface area contributed by atoms with Gasteiger partial charge < -0.3 is 16.4 Å². The average molecular weight is 331 g/mol. The number of nitrogens with two attached hydrogens (primary N) is 1. The van der Waals surface area contributed by atoms with E-state index < -0.39 is 6.04 Å². The highest BCUT2D eigenvalue weighted by atomic mass is 16.2. The molecule has 132 valence electrons. The zero-order valence-corrected chi connectivity index (χ0v) is 14.8. The number of para-hydroxylation sites is 2. The van der Waals surface area contributed by atoms with Crippen LogP contribution in [0.5, 0.6) is 0 Å². The molecule has 0 bridgehead atoms. The van der Waals surface area contributed by atoms with Gasteiger partial charge >= 0.3 is 0 Å². The molecular formula is C19H29N3O2. The summed E-state index contributed by atoms with van der Waals surface area (Å²) in [5.74, 6) is 0.495. The maximum absolute atomic E-state index is 12.6. The molecule has 5 nitrogen and oxygen atoms in total. The molecule has 0 saturated heterocycles. The smallest absolute Gasteiger partial charge is 0.247 e. The summed E-state index contributed by atoms with van der Waals surface area (Å²) in [6.07, 6.45) is 3.98. The number of nitrogen functional groups attached to an aromatic ring is 1. The van der Waals surface area contributed by atoms with E-state index in [0.29, 0.717) is 17.3 Å². The van der Waals surface area contributed by atoms with Crippen molar-refractivity contribution in [2.45, 2.75) is 52.5 Å². The average Bonchev–Trinajstić information content (AvgIpc) is 2.54. The van der Waals surface area contributed by atoms with Crippen LogP contribution < -0.4 is 16.4 Å². The minimum Gasteiger partial charge on any atom is -0.397 e. The van der Waals surface area contributed by atoms with Gasteiger partial charge in [0.15, 0.2) is 0 Å².